The van der Waals surface area contributed by atoms with E-state index in [1.165, 1.54) is 17.7 Å². The van der Waals surface area contributed by atoms with Gasteiger partial charge in [0.2, 0.25) is 0 Å². The van der Waals surface area contributed by atoms with Gasteiger partial charge in [0.25, 0.3) is 5.91 Å². The first kappa shape index (κ1) is 18.5. The minimum atomic E-state index is -0.540. The highest BCUT2D eigenvalue weighted by Crippen LogP contribution is 2.31. The third kappa shape index (κ3) is 4.08. The van der Waals surface area contributed by atoms with Gasteiger partial charge < -0.3 is 19.7 Å². The fourth-order valence-electron chi connectivity index (χ4n) is 3.19. The van der Waals surface area contributed by atoms with Gasteiger partial charge in [0.05, 0.1) is 26.5 Å². The Balaban J connectivity index is 1.66. The van der Waals surface area contributed by atoms with Gasteiger partial charge in [-0.3, -0.25) is 4.79 Å². The van der Waals surface area contributed by atoms with E-state index in [4.69, 9.17) is 21.1 Å². The van der Waals surface area contributed by atoms with Crippen LogP contribution in [0.3, 0.4) is 0 Å². The van der Waals surface area contributed by atoms with Crippen molar-refractivity contribution in [2.75, 3.05) is 32.6 Å². The van der Waals surface area contributed by atoms with E-state index in [0.717, 1.165) is 23.4 Å². The normalized spacial score (nSPS) is 15.9. The number of ether oxygens (including phenoxy) is 2. The Labute approximate surface area is 156 Å². The number of fused-ring (bicyclic) bond motifs is 1. The molecule has 26 heavy (non-hydrogen) atoms. The molecule has 2 aromatic carbocycles. The van der Waals surface area contributed by atoms with Crippen LogP contribution in [-0.4, -0.2) is 33.2 Å². The monoisotopic (exact) mass is 379 g/mol. The van der Waals surface area contributed by atoms with Crippen molar-refractivity contribution in [3.8, 4) is 11.5 Å². The second kappa shape index (κ2) is 7.93. The molecule has 138 valence electrons. The predicted octanol–water partition coefficient (Wildman–Crippen LogP) is 2.08. The maximum absolute atomic E-state index is 13.8. The predicted molar refractivity (Wildman–Crippen MR) is 97.7 cm³/mol. The second-order valence-corrected chi connectivity index (χ2v) is 6.69. The summed E-state index contributed by atoms with van der Waals surface area (Å²) in [6, 6.07) is 8.15. The minimum absolute atomic E-state index is 0.141. The molecule has 7 heteroatoms. The van der Waals surface area contributed by atoms with E-state index in [1.807, 2.05) is 12.1 Å². The molecule has 1 aliphatic rings. The van der Waals surface area contributed by atoms with Crippen molar-refractivity contribution >= 4 is 23.2 Å². The molecular formula is C19H21ClFN2O3+. The van der Waals surface area contributed by atoms with Gasteiger partial charge in [-0.15, -0.1) is 0 Å². The van der Waals surface area contributed by atoms with E-state index >= 15 is 0 Å². The molecule has 0 aliphatic carbocycles. The standard InChI is InChI=1S/C19H20ClFN2O3/c1-25-17-7-12-5-6-23(10-13(12)8-18(17)26-2)11-19(24)22-16-4-3-14(20)9-15(16)21/h3-4,7-9H,5-6,10-11H2,1-2H3,(H,22,24)/p+1. The molecule has 2 N–H and O–H groups in total. The molecule has 3 rings (SSSR count). The van der Waals surface area contributed by atoms with Gasteiger partial charge >= 0.3 is 0 Å². The van der Waals surface area contributed by atoms with Crippen LogP contribution in [0, 0.1) is 5.82 Å². The van der Waals surface area contributed by atoms with Crippen molar-refractivity contribution in [1.82, 2.24) is 0 Å². The molecule has 1 amide bonds. The summed E-state index contributed by atoms with van der Waals surface area (Å²) in [6.07, 6.45) is 0.841. The van der Waals surface area contributed by atoms with Gasteiger partial charge in [-0.05, 0) is 35.9 Å². The molecule has 0 saturated heterocycles. The third-order valence-electron chi connectivity index (χ3n) is 4.51. The van der Waals surface area contributed by atoms with Crippen LogP contribution in [-0.2, 0) is 17.8 Å². The molecule has 1 unspecified atom stereocenters. The van der Waals surface area contributed by atoms with Gasteiger partial charge in [-0.25, -0.2) is 4.39 Å². The lowest BCUT2D eigenvalue weighted by atomic mass is 9.99. The highest BCUT2D eigenvalue weighted by molar-refractivity contribution is 6.30. The zero-order valence-electron chi connectivity index (χ0n) is 14.7. The highest BCUT2D eigenvalue weighted by atomic mass is 35.5. The van der Waals surface area contributed by atoms with E-state index < -0.39 is 5.82 Å². The number of methoxy groups -OCH3 is 2. The Morgan fingerprint density at radius 3 is 2.54 bits per heavy atom. The summed E-state index contributed by atoms with van der Waals surface area (Å²) in [5, 5.41) is 2.91. The summed E-state index contributed by atoms with van der Waals surface area (Å²) in [5.74, 6) is 0.623. The molecule has 0 spiro atoms. The molecule has 1 heterocycles. The first-order chi connectivity index (χ1) is 12.5. The van der Waals surface area contributed by atoms with Crippen LogP contribution in [0.25, 0.3) is 0 Å². The van der Waals surface area contributed by atoms with Crippen LogP contribution in [0.1, 0.15) is 11.1 Å². The maximum atomic E-state index is 13.8. The van der Waals surface area contributed by atoms with Crippen molar-refractivity contribution in [2.45, 2.75) is 13.0 Å². The van der Waals surface area contributed by atoms with Crippen molar-refractivity contribution in [3.63, 3.8) is 0 Å². The van der Waals surface area contributed by atoms with Crippen LogP contribution >= 0.6 is 11.6 Å². The van der Waals surface area contributed by atoms with Crippen molar-refractivity contribution in [2.24, 2.45) is 0 Å². The summed E-state index contributed by atoms with van der Waals surface area (Å²) in [7, 11) is 3.22. The molecule has 0 fully saturated rings. The molecular weight excluding hydrogens is 359 g/mol. The Kier molecular flexibility index (Phi) is 5.64. The Morgan fingerprint density at radius 2 is 1.88 bits per heavy atom. The molecule has 5 nitrogen and oxygen atoms in total. The molecule has 0 radical (unpaired) electrons. The second-order valence-electron chi connectivity index (χ2n) is 6.25. The van der Waals surface area contributed by atoms with E-state index in [9.17, 15) is 9.18 Å². The third-order valence-corrected chi connectivity index (χ3v) is 4.75. The Bertz CT molecular complexity index is 829. The zero-order valence-corrected chi connectivity index (χ0v) is 15.5. The number of benzene rings is 2. The average molecular weight is 380 g/mol. The zero-order chi connectivity index (χ0) is 18.7. The van der Waals surface area contributed by atoms with E-state index in [0.29, 0.717) is 23.1 Å². The fraction of sp³-hybridized carbons (Fsp3) is 0.316. The lowest BCUT2D eigenvalue weighted by Gasteiger charge is -2.26. The van der Waals surface area contributed by atoms with Crippen LogP contribution in [0.4, 0.5) is 10.1 Å². The number of carbonyl (C=O) groups excluding carboxylic acids is 1. The van der Waals surface area contributed by atoms with E-state index in [2.05, 4.69) is 5.32 Å². The summed E-state index contributed by atoms with van der Waals surface area (Å²) in [4.78, 5) is 13.4. The number of carbonyl (C=O) groups is 1. The van der Waals surface area contributed by atoms with Gasteiger partial charge in [-0.1, -0.05) is 11.6 Å². The first-order valence-corrected chi connectivity index (χ1v) is 8.70. The number of quaternary nitrogens is 1. The van der Waals surface area contributed by atoms with Crippen LogP contribution < -0.4 is 19.7 Å². The summed E-state index contributed by atoms with van der Waals surface area (Å²) in [5.41, 5.74) is 2.48. The molecule has 0 saturated carbocycles. The van der Waals surface area contributed by atoms with Gasteiger partial charge in [0.1, 0.15) is 12.4 Å². The number of amides is 1. The minimum Gasteiger partial charge on any atom is -0.493 e. The Hall–Kier alpha value is -2.31. The average Bonchev–Trinajstić information content (AvgIpc) is 2.62. The number of nitrogens with one attached hydrogen (secondary N) is 2. The van der Waals surface area contributed by atoms with Gasteiger partial charge in [-0.2, -0.15) is 0 Å². The van der Waals surface area contributed by atoms with E-state index in [1.54, 1.807) is 20.3 Å². The molecule has 0 bridgehead atoms. The number of hydrogen-bond donors (Lipinski definition) is 2. The number of rotatable bonds is 5. The van der Waals surface area contributed by atoms with Crippen molar-refractivity contribution < 1.29 is 23.6 Å². The Morgan fingerprint density at radius 1 is 1.19 bits per heavy atom. The van der Waals surface area contributed by atoms with Gasteiger partial charge in [0.15, 0.2) is 18.0 Å². The number of anilines is 1. The fourth-order valence-corrected chi connectivity index (χ4v) is 3.35. The molecule has 1 aliphatic heterocycles. The summed E-state index contributed by atoms with van der Waals surface area (Å²) < 4.78 is 24.5. The summed E-state index contributed by atoms with van der Waals surface area (Å²) >= 11 is 5.73. The highest BCUT2D eigenvalue weighted by Gasteiger charge is 2.24. The maximum Gasteiger partial charge on any atom is 0.279 e. The topological polar surface area (TPSA) is 52.0 Å². The molecule has 0 aromatic heterocycles. The molecule has 2 aromatic rings. The van der Waals surface area contributed by atoms with Gasteiger partial charge in [0, 0.05) is 17.0 Å². The van der Waals surface area contributed by atoms with Crippen LogP contribution in [0.5, 0.6) is 11.5 Å². The van der Waals surface area contributed by atoms with E-state index in [-0.39, 0.29) is 18.1 Å². The lowest BCUT2D eigenvalue weighted by Crippen LogP contribution is -3.12. The SMILES string of the molecule is COc1cc2c(cc1OC)C[NH+](CC(=O)Nc1ccc(Cl)cc1F)CC2. The smallest absolute Gasteiger partial charge is 0.279 e. The number of hydrogen-bond acceptors (Lipinski definition) is 3. The quantitative estimate of drug-likeness (QED) is 0.836. The largest absolute Gasteiger partial charge is 0.493 e. The molecule has 1 atom stereocenters. The van der Waals surface area contributed by atoms with Crippen molar-refractivity contribution in [3.05, 3.63) is 52.3 Å². The lowest BCUT2D eigenvalue weighted by molar-refractivity contribution is -0.907. The first-order valence-electron chi connectivity index (χ1n) is 8.32. The number of halogens is 2. The summed E-state index contributed by atoms with van der Waals surface area (Å²) in [6.45, 7) is 1.78. The van der Waals surface area contributed by atoms with Crippen LogP contribution in [0.2, 0.25) is 5.02 Å². The van der Waals surface area contributed by atoms with Crippen LogP contribution in [0.15, 0.2) is 30.3 Å². The van der Waals surface area contributed by atoms with Crippen molar-refractivity contribution in [1.29, 1.82) is 0 Å².